The van der Waals surface area contributed by atoms with Crippen LogP contribution in [-0.4, -0.2) is 33.2 Å². The van der Waals surface area contributed by atoms with E-state index in [0.29, 0.717) is 17.2 Å². The standard InChI is InChI=1S/C17H21F3N6O2/c1-10-7-24-15(22-6-5-17(18,19)20)16(28)26(10)9-14(27)23-8-12-3-4-13(21)25-11(12)2/h3-4,7H,5-6,8-9H2,1-2H3,(H2,21,25)(H,22,24)(H,23,27). The van der Waals surface area contributed by atoms with E-state index in [-0.39, 0.29) is 18.9 Å². The molecular weight excluding hydrogens is 377 g/mol. The van der Waals surface area contributed by atoms with E-state index in [0.717, 1.165) is 10.1 Å². The van der Waals surface area contributed by atoms with Gasteiger partial charge in [-0.1, -0.05) is 6.07 Å². The quantitative estimate of drug-likeness (QED) is 0.651. The normalized spacial score (nSPS) is 11.3. The molecule has 11 heteroatoms. The van der Waals surface area contributed by atoms with E-state index >= 15 is 0 Å². The van der Waals surface area contributed by atoms with E-state index in [4.69, 9.17) is 5.73 Å². The molecule has 0 saturated carbocycles. The van der Waals surface area contributed by atoms with Gasteiger partial charge in [-0.05, 0) is 25.5 Å². The summed E-state index contributed by atoms with van der Waals surface area (Å²) in [6.45, 7) is 2.77. The fraction of sp³-hybridized carbons (Fsp3) is 0.412. The van der Waals surface area contributed by atoms with E-state index in [2.05, 4.69) is 20.6 Å². The van der Waals surface area contributed by atoms with Crippen LogP contribution in [0.25, 0.3) is 0 Å². The molecule has 0 aliphatic rings. The van der Waals surface area contributed by atoms with Crippen molar-refractivity contribution in [2.75, 3.05) is 17.6 Å². The summed E-state index contributed by atoms with van der Waals surface area (Å²) < 4.78 is 37.9. The third kappa shape index (κ3) is 5.96. The summed E-state index contributed by atoms with van der Waals surface area (Å²) in [6, 6.07) is 3.36. The Morgan fingerprint density at radius 3 is 2.64 bits per heavy atom. The van der Waals surface area contributed by atoms with Gasteiger partial charge in [-0.15, -0.1) is 0 Å². The van der Waals surface area contributed by atoms with Crippen molar-refractivity contribution in [3.8, 4) is 0 Å². The second-order valence-electron chi connectivity index (χ2n) is 6.19. The van der Waals surface area contributed by atoms with Crippen molar-refractivity contribution in [1.82, 2.24) is 19.9 Å². The van der Waals surface area contributed by atoms with Crippen LogP contribution in [0.15, 0.2) is 23.1 Å². The first-order chi connectivity index (χ1) is 13.1. The molecule has 0 aliphatic heterocycles. The summed E-state index contributed by atoms with van der Waals surface area (Å²) in [7, 11) is 0. The van der Waals surface area contributed by atoms with Crippen molar-refractivity contribution in [2.45, 2.75) is 39.5 Å². The number of nitrogens with two attached hydrogens (primary N) is 1. The second kappa shape index (κ2) is 8.72. The van der Waals surface area contributed by atoms with Crippen molar-refractivity contribution in [3.05, 3.63) is 45.6 Å². The van der Waals surface area contributed by atoms with Gasteiger partial charge in [-0.25, -0.2) is 9.97 Å². The number of carbonyl (C=O) groups is 1. The minimum atomic E-state index is -4.34. The lowest BCUT2D eigenvalue weighted by Gasteiger charge is -2.13. The highest BCUT2D eigenvalue weighted by atomic mass is 19.4. The molecule has 0 fully saturated rings. The first kappa shape index (κ1) is 21.2. The number of halogens is 3. The smallest absolute Gasteiger partial charge is 0.384 e. The maximum absolute atomic E-state index is 12.4. The van der Waals surface area contributed by atoms with E-state index in [9.17, 15) is 22.8 Å². The third-order valence-corrected chi connectivity index (χ3v) is 3.95. The van der Waals surface area contributed by atoms with Gasteiger partial charge in [0, 0.05) is 30.7 Å². The van der Waals surface area contributed by atoms with E-state index in [1.165, 1.54) is 6.20 Å². The minimum absolute atomic E-state index is 0.202. The van der Waals surface area contributed by atoms with Crippen LogP contribution < -0.4 is 21.9 Å². The molecule has 0 spiro atoms. The molecule has 0 aromatic carbocycles. The molecule has 2 rings (SSSR count). The van der Waals surface area contributed by atoms with Gasteiger partial charge in [0.1, 0.15) is 12.4 Å². The van der Waals surface area contributed by atoms with Crippen LogP contribution >= 0.6 is 0 Å². The molecule has 1 amide bonds. The van der Waals surface area contributed by atoms with Crippen LogP contribution in [0, 0.1) is 13.8 Å². The molecule has 8 nitrogen and oxygen atoms in total. The maximum Gasteiger partial charge on any atom is 0.390 e. The zero-order valence-electron chi connectivity index (χ0n) is 15.4. The summed E-state index contributed by atoms with van der Waals surface area (Å²) in [5.41, 5.74) is 6.77. The first-order valence-corrected chi connectivity index (χ1v) is 8.42. The number of nitrogens with zero attached hydrogens (tertiary/aromatic N) is 3. The predicted octanol–water partition coefficient (Wildman–Crippen LogP) is 1.52. The predicted molar refractivity (Wildman–Crippen MR) is 97.6 cm³/mol. The number of rotatable bonds is 7. The summed E-state index contributed by atoms with van der Waals surface area (Å²) >= 11 is 0. The van der Waals surface area contributed by atoms with Crippen LogP contribution in [0.3, 0.4) is 0 Å². The number of carbonyl (C=O) groups excluding carboxylic acids is 1. The zero-order valence-corrected chi connectivity index (χ0v) is 15.4. The average Bonchev–Trinajstić information content (AvgIpc) is 2.59. The SMILES string of the molecule is Cc1nc(N)ccc1CNC(=O)Cn1c(C)cnc(NCCC(F)(F)F)c1=O. The maximum atomic E-state index is 12.4. The number of alkyl halides is 3. The molecule has 0 radical (unpaired) electrons. The number of pyridine rings is 1. The van der Waals surface area contributed by atoms with Crippen molar-refractivity contribution in [2.24, 2.45) is 0 Å². The number of amides is 1. The topological polar surface area (TPSA) is 115 Å². The summed E-state index contributed by atoms with van der Waals surface area (Å²) in [5, 5.41) is 5.04. The lowest BCUT2D eigenvalue weighted by molar-refractivity contribution is -0.131. The molecule has 2 aromatic rings. The van der Waals surface area contributed by atoms with Gasteiger partial charge >= 0.3 is 6.18 Å². The number of anilines is 2. The van der Waals surface area contributed by atoms with Gasteiger partial charge in [0.15, 0.2) is 5.82 Å². The molecule has 2 heterocycles. The Bertz CT molecular complexity index is 911. The Morgan fingerprint density at radius 1 is 1.29 bits per heavy atom. The Hall–Kier alpha value is -3.11. The van der Waals surface area contributed by atoms with Gasteiger partial charge < -0.3 is 16.4 Å². The fourth-order valence-electron chi connectivity index (χ4n) is 2.40. The van der Waals surface area contributed by atoms with E-state index < -0.39 is 30.6 Å². The second-order valence-corrected chi connectivity index (χ2v) is 6.19. The van der Waals surface area contributed by atoms with Crippen LogP contribution in [0.1, 0.15) is 23.4 Å². The molecule has 28 heavy (non-hydrogen) atoms. The molecule has 0 unspecified atom stereocenters. The highest BCUT2D eigenvalue weighted by molar-refractivity contribution is 5.75. The Kier molecular flexibility index (Phi) is 6.60. The van der Waals surface area contributed by atoms with Gasteiger partial charge in [-0.3, -0.25) is 14.2 Å². The minimum Gasteiger partial charge on any atom is -0.384 e. The molecule has 0 bridgehead atoms. The first-order valence-electron chi connectivity index (χ1n) is 8.42. The summed E-state index contributed by atoms with van der Waals surface area (Å²) in [4.78, 5) is 32.5. The third-order valence-electron chi connectivity index (χ3n) is 3.95. The highest BCUT2D eigenvalue weighted by Crippen LogP contribution is 2.18. The van der Waals surface area contributed by atoms with Crippen molar-refractivity contribution < 1.29 is 18.0 Å². The lowest BCUT2D eigenvalue weighted by atomic mass is 10.2. The molecular formula is C17H21F3N6O2. The zero-order chi connectivity index (χ0) is 20.9. The van der Waals surface area contributed by atoms with Crippen molar-refractivity contribution >= 4 is 17.5 Å². The van der Waals surface area contributed by atoms with Crippen molar-refractivity contribution in [1.29, 1.82) is 0 Å². The Morgan fingerprint density at radius 2 is 2.00 bits per heavy atom. The lowest BCUT2D eigenvalue weighted by Crippen LogP contribution is -2.35. The largest absolute Gasteiger partial charge is 0.390 e. The van der Waals surface area contributed by atoms with Crippen LogP contribution in [0.5, 0.6) is 0 Å². The molecule has 2 aromatic heterocycles. The van der Waals surface area contributed by atoms with Gasteiger partial charge in [0.05, 0.1) is 6.42 Å². The Balaban J connectivity index is 2.03. The monoisotopic (exact) mass is 398 g/mol. The average molecular weight is 398 g/mol. The van der Waals surface area contributed by atoms with Gasteiger partial charge in [-0.2, -0.15) is 13.2 Å². The molecule has 0 atom stereocenters. The molecule has 0 saturated heterocycles. The van der Waals surface area contributed by atoms with E-state index in [1.54, 1.807) is 26.0 Å². The van der Waals surface area contributed by atoms with Crippen LogP contribution in [-0.2, 0) is 17.9 Å². The number of hydrogen-bond donors (Lipinski definition) is 3. The molecule has 152 valence electrons. The number of nitrogen functional groups attached to an aromatic ring is 1. The number of hydrogen-bond acceptors (Lipinski definition) is 6. The van der Waals surface area contributed by atoms with Crippen molar-refractivity contribution in [3.63, 3.8) is 0 Å². The number of nitrogens with one attached hydrogen (secondary N) is 2. The van der Waals surface area contributed by atoms with Gasteiger partial charge in [0.2, 0.25) is 5.91 Å². The highest BCUT2D eigenvalue weighted by Gasteiger charge is 2.26. The number of aryl methyl sites for hydroxylation is 2. The van der Waals surface area contributed by atoms with Crippen LogP contribution in [0.2, 0.25) is 0 Å². The van der Waals surface area contributed by atoms with Crippen LogP contribution in [0.4, 0.5) is 24.8 Å². The molecule has 4 N–H and O–H groups in total. The molecule has 0 aliphatic carbocycles. The number of aromatic nitrogens is 3. The fourth-order valence-corrected chi connectivity index (χ4v) is 2.40. The summed E-state index contributed by atoms with van der Waals surface area (Å²) in [5.74, 6) is -0.299. The summed E-state index contributed by atoms with van der Waals surface area (Å²) in [6.07, 6.45) is -4.12. The van der Waals surface area contributed by atoms with Gasteiger partial charge in [0.25, 0.3) is 5.56 Å². The Labute approximate surface area is 159 Å². The van der Waals surface area contributed by atoms with E-state index in [1.807, 2.05) is 0 Å².